The lowest BCUT2D eigenvalue weighted by Gasteiger charge is -2.02. The van der Waals surface area contributed by atoms with Crippen molar-refractivity contribution in [1.82, 2.24) is 19.6 Å². The quantitative estimate of drug-likeness (QED) is 0.475. The third-order valence-corrected chi connectivity index (χ3v) is 1.69. The Bertz CT molecular complexity index is 445. The number of hydrogen-bond acceptors (Lipinski definition) is 5. The zero-order valence-corrected chi connectivity index (χ0v) is 7.44. The summed E-state index contributed by atoms with van der Waals surface area (Å²) in [4.78, 5) is 8.33. The smallest absolute Gasteiger partial charge is 0.254 e. The second-order valence-electron chi connectivity index (χ2n) is 2.80. The van der Waals surface area contributed by atoms with E-state index in [4.69, 9.17) is 5.84 Å². The van der Waals surface area contributed by atoms with E-state index in [1.807, 2.05) is 13.8 Å². The summed E-state index contributed by atoms with van der Waals surface area (Å²) in [5.41, 5.74) is 3.40. The fourth-order valence-corrected chi connectivity index (χ4v) is 1.19. The average Bonchev–Trinajstić information content (AvgIpc) is 2.43. The Morgan fingerprint density at radius 1 is 1.38 bits per heavy atom. The van der Waals surface area contributed by atoms with Gasteiger partial charge in [0.05, 0.1) is 0 Å². The Kier molecular flexibility index (Phi) is 1.63. The first-order chi connectivity index (χ1) is 6.20. The molecule has 0 saturated heterocycles. The van der Waals surface area contributed by atoms with Crippen molar-refractivity contribution in [3.05, 3.63) is 17.6 Å². The molecule has 0 aliphatic carbocycles. The minimum Gasteiger partial charge on any atom is -0.308 e. The summed E-state index contributed by atoms with van der Waals surface area (Å²) in [5.74, 6) is 7.25. The number of nitrogens with two attached hydrogens (primary N) is 1. The predicted octanol–water partition coefficient (Wildman–Crippen LogP) is 0.0267. The lowest BCUT2D eigenvalue weighted by molar-refractivity contribution is 0.907. The van der Waals surface area contributed by atoms with E-state index < -0.39 is 0 Å². The van der Waals surface area contributed by atoms with Crippen LogP contribution in [0, 0.1) is 13.8 Å². The number of aryl methyl sites for hydroxylation is 2. The molecule has 2 aromatic rings. The molecule has 2 rings (SSSR count). The van der Waals surface area contributed by atoms with Crippen molar-refractivity contribution >= 4 is 11.6 Å². The number of nitrogens with one attached hydrogen (secondary N) is 1. The highest BCUT2D eigenvalue weighted by Gasteiger charge is 2.05. The minimum atomic E-state index is 0.561. The van der Waals surface area contributed by atoms with Crippen LogP contribution in [-0.2, 0) is 0 Å². The number of hydrogen-bond donors (Lipinski definition) is 2. The molecular weight excluding hydrogens is 168 g/mol. The molecule has 2 aromatic heterocycles. The number of rotatable bonds is 1. The molecule has 0 atom stereocenters. The molecule has 0 radical (unpaired) electrons. The molecule has 3 N–H and O–H groups in total. The van der Waals surface area contributed by atoms with E-state index in [-0.39, 0.29) is 0 Å². The summed E-state index contributed by atoms with van der Waals surface area (Å²) in [6.45, 7) is 3.69. The highest BCUT2D eigenvalue weighted by Crippen LogP contribution is 2.09. The summed E-state index contributed by atoms with van der Waals surface area (Å²) in [7, 11) is 0. The van der Waals surface area contributed by atoms with Gasteiger partial charge in [0.25, 0.3) is 5.78 Å². The third-order valence-electron chi connectivity index (χ3n) is 1.69. The van der Waals surface area contributed by atoms with E-state index in [1.165, 1.54) is 0 Å². The van der Waals surface area contributed by atoms with E-state index in [0.717, 1.165) is 5.69 Å². The van der Waals surface area contributed by atoms with Gasteiger partial charge >= 0.3 is 0 Å². The zero-order chi connectivity index (χ0) is 9.42. The van der Waals surface area contributed by atoms with Gasteiger partial charge in [-0.3, -0.25) is 0 Å². The zero-order valence-electron chi connectivity index (χ0n) is 7.44. The molecular formula is C7H10N6. The SMILES string of the molecule is Cc1cc(NN)n2nc(C)nc2n1. The average molecular weight is 178 g/mol. The second-order valence-corrected chi connectivity index (χ2v) is 2.80. The van der Waals surface area contributed by atoms with Crippen LogP contribution >= 0.6 is 0 Å². The molecule has 2 heterocycles. The van der Waals surface area contributed by atoms with Gasteiger partial charge in [-0.15, -0.1) is 5.10 Å². The maximum absolute atomic E-state index is 5.33. The normalized spacial score (nSPS) is 10.7. The van der Waals surface area contributed by atoms with Gasteiger partial charge in [-0.05, 0) is 13.8 Å². The molecule has 6 nitrogen and oxygen atoms in total. The summed E-state index contributed by atoms with van der Waals surface area (Å²) >= 11 is 0. The van der Waals surface area contributed by atoms with Crippen LogP contribution in [0.4, 0.5) is 5.82 Å². The van der Waals surface area contributed by atoms with Gasteiger partial charge in [0.15, 0.2) is 0 Å². The van der Waals surface area contributed by atoms with Crippen molar-refractivity contribution in [2.24, 2.45) is 5.84 Å². The number of nitrogens with zero attached hydrogens (tertiary/aromatic N) is 4. The van der Waals surface area contributed by atoms with Crippen molar-refractivity contribution in [1.29, 1.82) is 0 Å². The van der Waals surface area contributed by atoms with Crippen LogP contribution in [0.15, 0.2) is 6.07 Å². The Morgan fingerprint density at radius 3 is 2.85 bits per heavy atom. The van der Waals surface area contributed by atoms with E-state index in [9.17, 15) is 0 Å². The van der Waals surface area contributed by atoms with E-state index in [1.54, 1.807) is 10.6 Å². The molecule has 68 valence electrons. The van der Waals surface area contributed by atoms with Crippen molar-refractivity contribution in [2.75, 3.05) is 5.43 Å². The minimum absolute atomic E-state index is 0.561. The Hall–Kier alpha value is -1.69. The largest absolute Gasteiger partial charge is 0.308 e. The second kappa shape index (κ2) is 2.67. The van der Waals surface area contributed by atoms with Crippen molar-refractivity contribution in [2.45, 2.75) is 13.8 Å². The highest BCUT2D eigenvalue weighted by atomic mass is 15.4. The molecule has 0 fully saturated rings. The van der Waals surface area contributed by atoms with Gasteiger partial charge in [0.2, 0.25) is 0 Å². The van der Waals surface area contributed by atoms with Gasteiger partial charge in [-0.1, -0.05) is 0 Å². The standard InChI is InChI=1S/C7H10N6/c1-4-3-6(11-8)13-7(9-4)10-5(2)12-13/h3,11H,8H2,1-2H3. The lowest BCUT2D eigenvalue weighted by Crippen LogP contribution is -2.12. The first-order valence-corrected chi connectivity index (χ1v) is 3.88. The Labute approximate surface area is 74.8 Å². The van der Waals surface area contributed by atoms with Crippen molar-refractivity contribution in [3.8, 4) is 0 Å². The maximum Gasteiger partial charge on any atom is 0.254 e. The number of hydrazine groups is 1. The lowest BCUT2D eigenvalue weighted by atomic mass is 10.4. The van der Waals surface area contributed by atoms with Gasteiger partial charge < -0.3 is 5.43 Å². The highest BCUT2D eigenvalue weighted by molar-refractivity contribution is 5.44. The van der Waals surface area contributed by atoms with Gasteiger partial charge in [-0.25, -0.2) is 10.8 Å². The molecule has 0 spiro atoms. The van der Waals surface area contributed by atoms with Crippen LogP contribution in [0.3, 0.4) is 0 Å². The molecule has 13 heavy (non-hydrogen) atoms. The molecule has 0 unspecified atom stereocenters. The third kappa shape index (κ3) is 1.20. The summed E-state index contributed by atoms with van der Waals surface area (Å²) in [6.07, 6.45) is 0. The number of nitrogen functional groups attached to an aromatic ring is 1. The molecule has 0 aromatic carbocycles. The summed E-state index contributed by atoms with van der Waals surface area (Å²) in [5, 5.41) is 4.13. The fourth-order valence-electron chi connectivity index (χ4n) is 1.19. The van der Waals surface area contributed by atoms with Crippen molar-refractivity contribution in [3.63, 3.8) is 0 Å². The number of fused-ring (bicyclic) bond motifs is 1. The van der Waals surface area contributed by atoms with E-state index in [2.05, 4.69) is 20.5 Å². The van der Waals surface area contributed by atoms with Crippen LogP contribution in [0.1, 0.15) is 11.5 Å². The first kappa shape index (κ1) is 7.93. The number of anilines is 1. The summed E-state index contributed by atoms with van der Waals surface area (Å²) < 4.78 is 1.57. The topological polar surface area (TPSA) is 81.1 Å². The molecule has 6 heteroatoms. The van der Waals surface area contributed by atoms with Crippen LogP contribution < -0.4 is 11.3 Å². The summed E-state index contributed by atoms with van der Waals surface area (Å²) in [6, 6.07) is 1.81. The van der Waals surface area contributed by atoms with Crippen LogP contribution in [-0.4, -0.2) is 19.6 Å². The maximum atomic E-state index is 5.33. The van der Waals surface area contributed by atoms with Crippen molar-refractivity contribution < 1.29 is 0 Å². The molecule has 0 bridgehead atoms. The van der Waals surface area contributed by atoms with E-state index in [0.29, 0.717) is 17.4 Å². The van der Waals surface area contributed by atoms with Gasteiger partial charge in [0.1, 0.15) is 11.6 Å². The number of aromatic nitrogens is 4. The van der Waals surface area contributed by atoms with Crippen LogP contribution in [0.25, 0.3) is 5.78 Å². The van der Waals surface area contributed by atoms with Crippen LogP contribution in [0.5, 0.6) is 0 Å². The molecule has 0 amide bonds. The van der Waals surface area contributed by atoms with Gasteiger partial charge in [-0.2, -0.15) is 9.50 Å². The molecule has 0 aliphatic heterocycles. The monoisotopic (exact) mass is 178 g/mol. The Morgan fingerprint density at radius 2 is 2.15 bits per heavy atom. The Balaban J connectivity index is 2.80. The molecule has 0 aliphatic rings. The van der Waals surface area contributed by atoms with Crippen LogP contribution in [0.2, 0.25) is 0 Å². The molecule has 0 saturated carbocycles. The fraction of sp³-hybridized carbons (Fsp3) is 0.286. The first-order valence-electron chi connectivity index (χ1n) is 3.88. The predicted molar refractivity (Wildman–Crippen MR) is 48.1 cm³/mol. The van der Waals surface area contributed by atoms with Gasteiger partial charge in [0, 0.05) is 11.8 Å². The van der Waals surface area contributed by atoms with E-state index >= 15 is 0 Å².